The molecule has 0 radical (unpaired) electrons. The molecule has 0 atom stereocenters. The average molecular weight is 453 g/mol. The van der Waals surface area contributed by atoms with Crippen molar-refractivity contribution in [2.45, 2.75) is 26.7 Å². The first-order valence-corrected chi connectivity index (χ1v) is 11.6. The highest BCUT2D eigenvalue weighted by Gasteiger charge is 2.43. The van der Waals surface area contributed by atoms with Crippen LogP contribution in [0.25, 0.3) is 5.57 Å². The van der Waals surface area contributed by atoms with Gasteiger partial charge in [0.15, 0.2) is 0 Å². The van der Waals surface area contributed by atoms with Gasteiger partial charge in [-0.05, 0) is 67.1 Å². The van der Waals surface area contributed by atoms with Gasteiger partial charge in [-0.2, -0.15) is 0 Å². The minimum Gasteiger partial charge on any atom is -0.497 e. The van der Waals surface area contributed by atoms with E-state index in [0.717, 1.165) is 40.1 Å². The van der Waals surface area contributed by atoms with Crippen LogP contribution in [0.5, 0.6) is 5.75 Å². The third-order valence-electron chi connectivity index (χ3n) is 6.74. The van der Waals surface area contributed by atoms with Crippen LogP contribution in [0.1, 0.15) is 27.8 Å². The summed E-state index contributed by atoms with van der Waals surface area (Å²) in [5, 5.41) is 0. The number of imide groups is 1. The zero-order valence-electron chi connectivity index (χ0n) is 19.8. The molecule has 0 aliphatic carbocycles. The molecular formula is C29H28N2O3. The zero-order chi connectivity index (χ0) is 23.8. The van der Waals surface area contributed by atoms with E-state index in [1.54, 1.807) is 7.11 Å². The molecule has 5 nitrogen and oxygen atoms in total. The molecule has 5 heteroatoms. The van der Waals surface area contributed by atoms with Crippen molar-refractivity contribution in [1.82, 2.24) is 4.90 Å². The third kappa shape index (κ3) is 3.77. The second-order valence-corrected chi connectivity index (χ2v) is 8.93. The lowest BCUT2D eigenvalue weighted by atomic mass is 9.97. The normalized spacial score (nSPS) is 15.4. The van der Waals surface area contributed by atoms with Crippen LogP contribution in [0.3, 0.4) is 0 Å². The van der Waals surface area contributed by atoms with Gasteiger partial charge in [0.1, 0.15) is 11.4 Å². The lowest BCUT2D eigenvalue weighted by Crippen LogP contribution is -2.36. The smallest absolute Gasteiger partial charge is 0.278 e. The fraction of sp³-hybridized carbons (Fsp3) is 0.241. The van der Waals surface area contributed by atoms with Gasteiger partial charge in [-0.25, -0.2) is 0 Å². The number of anilines is 1. The summed E-state index contributed by atoms with van der Waals surface area (Å²) in [4.78, 5) is 31.0. The summed E-state index contributed by atoms with van der Waals surface area (Å²) in [6.45, 7) is 5.06. The van der Waals surface area contributed by atoms with Gasteiger partial charge >= 0.3 is 0 Å². The van der Waals surface area contributed by atoms with Crippen molar-refractivity contribution < 1.29 is 14.3 Å². The summed E-state index contributed by atoms with van der Waals surface area (Å²) in [6.07, 6.45) is 1.44. The Morgan fingerprint density at radius 3 is 2.41 bits per heavy atom. The molecular weight excluding hydrogens is 424 g/mol. The number of hydrogen-bond donors (Lipinski definition) is 0. The van der Waals surface area contributed by atoms with E-state index in [0.29, 0.717) is 30.8 Å². The van der Waals surface area contributed by atoms with E-state index >= 15 is 0 Å². The maximum atomic E-state index is 13.8. The fourth-order valence-corrected chi connectivity index (χ4v) is 4.96. The molecule has 0 fully saturated rings. The van der Waals surface area contributed by atoms with Crippen molar-refractivity contribution in [2.75, 3.05) is 25.1 Å². The highest BCUT2D eigenvalue weighted by atomic mass is 16.5. The molecule has 2 amide bonds. The molecule has 2 aliphatic rings. The second kappa shape index (κ2) is 8.82. The van der Waals surface area contributed by atoms with Crippen LogP contribution in [0.15, 0.2) is 72.4 Å². The van der Waals surface area contributed by atoms with Crippen molar-refractivity contribution >= 4 is 23.1 Å². The van der Waals surface area contributed by atoms with E-state index in [-0.39, 0.29) is 11.8 Å². The topological polar surface area (TPSA) is 49.9 Å². The Hall–Kier alpha value is -3.86. The number of methoxy groups -OCH3 is 1. The Kier molecular flexibility index (Phi) is 5.70. The molecule has 0 bridgehead atoms. The highest BCUT2D eigenvalue weighted by molar-refractivity contribution is 6.37. The van der Waals surface area contributed by atoms with Crippen molar-refractivity contribution in [3.8, 4) is 5.75 Å². The van der Waals surface area contributed by atoms with Crippen LogP contribution in [0.4, 0.5) is 5.69 Å². The number of ether oxygens (including phenoxy) is 1. The molecule has 0 aromatic heterocycles. The number of fused-ring (bicyclic) bond motifs is 1. The fourth-order valence-electron chi connectivity index (χ4n) is 4.96. The van der Waals surface area contributed by atoms with E-state index in [1.807, 2.05) is 73.3 Å². The minimum absolute atomic E-state index is 0.217. The molecule has 34 heavy (non-hydrogen) atoms. The first-order valence-electron chi connectivity index (χ1n) is 11.6. The number of para-hydroxylation sites is 1. The number of benzene rings is 3. The Morgan fingerprint density at radius 1 is 0.912 bits per heavy atom. The first-order chi connectivity index (χ1) is 16.5. The molecule has 3 aromatic carbocycles. The predicted molar refractivity (Wildman–Crippen MR) is 134 cm³/mol. The summed E-state index contributed by atoms with van der Waals surface area (Å²) in [5.41, 5.74) is 7.22. The number of amides is 2. The maximum absolute atomic E-state index is 13.8. The molecule has 0 saturated heterocycles. The van der Waals surface area contributed by atoms with Crippen molar-refractivity contribution in [1.29, 1.82) is 0 Å². The average Bonchev–Trinajstić information content (AvgIpc) is 3.36. The molecule has 0 spiro atoms. The molecule has 5 rings (SSSR count). The minimum atomic E-state index is -0.218. The molecule has 0 saturated carbocycles. The second-order valence-electron chi connectivity index (χ2n) is 8.93. The SMILES string of the molecule is COc1ccc(CCN2C(=O)C(c3ccc(C)cc3C)=C(N3CCc4ccccc43)C2=O)cc1. The lowest BCUT2D eigenvalue weighted by molar-refractivity contribution is -0.136. The van der Waals surface area contributed by atoms with Crippen molar-refractivity contribution in [3.63, 3.8) is 0 Å². The lowest BCUT2D eigenvalue weighted by Gasteiger charge is -2.22. The number of carbonyl (C=O) groups is 2. The van der Waals surface area contributed by atoms with Gasteiger partial charge in [0.25, 0.3) is 11.8 Å². The summed E-state index contributed by atoms with van der Waals surface area (Å²) in [6, 6.07) is 21.9. The molecule has 2 aliphatic heterocycles. The Labute approximate surface area is 200 Å². The van der Waals surface area contributed by atoms with Crippen molar-refractivity contribution in [3.05, 3.63) is 100 Å². The molecule has 3 aromatic rings. The van der Waals surface area contributed by atoms with Gasteiger partial charge in [0.05, 0.1) is 12.7 Å². The van der Waals surface area contributed by atoms with Gasteiger partial charge in [0.2, 0.25) is 0 Å². The van der Waals surface area contributed by atoms with E-state index in [2.05, 4.69) is 12.1 Å². The number of hydrogen-bond acceptors (Lipinski definition) is 4. The van der Waals surface area contributed by atoms with Gasteiger partial charge in [-0.1, -0.05) is 54.1 Å². The molecule has 2 heterocycles. The molecule has 0 unspecified atom stereocenters. The van der Waals surface area contributed by atoms with Crippen LogP contribution in [-0.2, 0) is 22.4 Å². The van der Waals surface area contributed by atoms with Crippen LogP contribution < -0.4 is 9.64 Å². The zero-order valence-corrected chi connectivity index (χ0v) is 19.8. The summed E-state index contributed by atoms with van der Waals surface area (Å²) in [5.74, 6) is 0.348. The highest BCUT2D eigenvalue weighted by Crippen LogP contribution is 2.39. The van der Waals surface area contributed by atoms with Gasteiger partial charge in [0, 0.05) is 18.8 Å². The molecule has 172 valence electrons. The van der Waals surface area contributed by atoms with Crippen LogP contribution in [-0.4, -0.2) is 36.9 Å². The van der Waals surface area contributed by atoms with Gasteiger partial charge in [-0.3, -0.25) is 14.5 Å². The summed E-state index contributed by atoms with van der Waals surface area (Å²) in [7, 11) is 1.63. The third-order valence-corrected chi connectivity index (χ3v) is 6.74. The number of carbonyl (C=O) groups excluding carboxylic acids is 2. The summed E-state index contributed by atoms with van der Waals surface area (Å²) >= 11 is 0. The quantitative estimate of drug-likeness (QED) is 0.509. The largest absolute Gasteiger partial charge is 0.497 e. The summed E-state index contributed by atoms with van der Waals surface area (Å²) < 4.78 is 5.23. The number of aryl methyl sites for hydroxylation is 2. The van der Waals surface area contributed by atoms with Crippen LogP contribution in [0, 0.1) is 13.8 Å². The van der Waals surface area contributed by atoms with Gasteiger partial charge < -0.3 is 9.64 Å². The van der Waals surface area contributed by atoms with E-state index < -0.39 is 0 Å². The first kappa shape index (κ1) is 22.0. The van der Waals surface area contributed by atoms with Crippen LogP contribution >= 0.6 is 0 Å². The monoisotopic (exact) mass is 452 g/mol. The predicted octanol–water partition coefficient (Wildman–Crippen LogP) is 4.70. The Morgan fingerprint density at radius 2 is 1.68 bits per heavy atom. The number of nitrogens with zero attached hydrogens (tertiary/aromatic N) is 2. The Bertz CT molecular complexity index is 1310. The standard InChI is InChI=1S/C29H28N2O3/c1-19-8-13-24(20(2)18-19)26-27(30-17-15-22-6-4-5-7-25(22)30)29(33)31(28(26)32)16-14-21-9-11-23(34-3)12-10-21/h4-13,18H,14-17H2,1-3H3. The maximum Gasteiger partial charge on any atom is 0.278 e. The van der Waals surface area contributed by atoms with Crippen LogP contribution in [0.2, 0.25) is 0 Å². The molecule has 0 N–H and O–H groups in total. The Balaban J connectivity index is 1.52. The number of rotatable bonds is 6. The van der Waals surface area contributed by atoms with E-state index in [9.17, 15) is 9.59 Å². The van der Waals surface area contributed by atoms with Gasteiger partial charge in [-0.15, -0.1) is 0 Å². The van der Waals surface area contributed by atoms with Crippen molar-refractivity contribution in [2.24, 2.45) is 0 Å². The van der Waals surface area contributed by atoms with E-state index in [1.165, 1.54) is 10.5 Å². The van der Waals surface area contributed by atoms with E-state index in [4.69, 9.17) is 4.74 Å².